The van der Waals surface area contributed by atoms with Gasteiger partial charge >= 0.3 is 0 Å². The molecule has 5 aliphatic heterocycles. The van der Waals surface area contributed by atoms with Gasteiger partial charge in [-0.3, -0.25) is 0 Å². The standard InChI is InChI=1S/C45H72O19/c1-18-7-10-45(57-17-18)19(2)30-26(64-45)12-23-21-6-5-20-11-25(24(49)13-44(20,4)22(21)8-9-43(23,30)3)58-40-36(55)34(53)38(29(16-48)61-40)62-42-37(56)39(32(51)28(15-47)60-42)63-41-35(54)33(52)31(50)27(14-46)59-41/h5,18-19,21-42,46-56H,6-17H2,1-4H3. The molecule has 27 atom stereocenters. The van der Waals surface area contributed by atoms with Gasteiger partial charge in [-0.2, -0.15) is 0 Å². The number of hydrogen-bond acceptors (Lipinski definition) is 19. The van der Waals surface area contributed by atoms with E-state index in [9.17, 15) is 56.2 Å². The highest BCUT2D eigenvalue weighted by molar-refractivity contribution is 5.27. The molecule has 0 aromatic rings. The topological polar surface area (TPSA) is 296 Å². The van der Waals surface area contributed by atoms with Crippen molar-refractivity contribution in [3.8, 4) is 0 Å². The summed E-state index contributed by atoms with van der Waals surface area (Å²) in [6.45, 7) is 7.74. The van der Waals surface area contributed by atoms with Crippen LogP contribution in [0.15, 0.2) is 11.6 Å². The average molecular weight is 917 g/mol. The predicted molar refractivity (Wildman–Crippen MR) is 217 cm³/mol. The Bertz CT molecular complexity index is 1660. The van der Waals surface area contributed by atoms with E-state index in [0.29, 0.717) is 48.3 Å². The van der Waals surface area contributed by atoms with Gasteiger partial charge in [0.05, 0.1) is 44.7 Å². The molecule has 19 heteroatoms. The highest BCUT2D eigenvalue weighted by atomic mass is 16.8. The lowest BCUT2D eigenvalue weighted by Crippen LogP contribution is -2.67. The predicted octanol–water partition coefficient (Wildman–Crippen LogP) is -1.84. The largest absolute Gasteiger partial charge is 0.394 e. The fourth-order valence-electron chi connectivity index (χ4n) is 14.2. The zero-order valence-corrected chi connectivity index (χ0v) is 37.1. The van der Waals surface area contributed by atoms with Crippen molar-refractivity contribution in [1.29, 1.82) is 0 Å². The molecule has 0 amide bonds. The van der Waals surface area contributed by atoms with Gasteiger partial charge in [0.25, 0.3) is 0 Å². The van der Waals surface area contributed by atoms with Crippen LogP contribution in [0.5, 0.6) is 0 Å². The lowest BCUT2D eigenvalue weighted by molar-refractivity contribution is -0.383. The minimum absolute atomic E-state index is 0.133. The minimum atomic E-state index is -1.94. The molecule has 1 spiro atoms. The number of allylic oxidation sites excluding steroid dienone is 1. The second kappa shape index (κ2) is 18.1. The number of fused-ring (bicyclic) bond motifs is 7. The second-order valence-corrected chi connectivity index (χ2v) is 21.2. The van der Waals surface area contributed by atoms with Crippen LogP contribution in [0.3, 0.4) is 0 Å². The summed E-state index contributed by atoms with van der Waals surface area (Å²) < 4.78 is 48.2. The molecule has 5 saturated heterocycles. The quantitative estimate of drug-likeness (QED) is 0.113. The molecule has 0 aromatic heterocycles. The van der Waals surface area contributed by atoms with Crippen LogP contribution in [0.25, 0.3) is 0 Å². The maximum Gasteiger partial charge on any atom is 0.187 e. The summed E-state index contributed by atoms with van der Waals surface area (Å²) in [6, 6.07) is 0. The Hall–Kier alpha value is -1.02. The normalized spacial score (nSPS) is 57.4. The molecule has 0 radical (unpaired) electrons. The summed E-state index contributed by atoms with van der Waals surface area (Å²) in [4.78, 5) is 0. The van der Waals surface area contributed by atoms with Crippen LogP contribution < -0.4 is 0 Å². The van der Waals surface area contributed by atoms with Crippen LogP contribution in [0, 0.1) is 46.3 Å². The lowest BCUT2D eigenvalue weighted by Gasteiger charge is -2.59. The fraction of sp³-hybridized carbons (Fsp3) is 0.956. The van der Waals surface area contributed by atoms with Crippen molar-refractivity contribution in [2.24, 2.45) is 46.3 Å². The van der Waals surface area contributed by atoms with Gasteiger partial charge < -0.3 is 94.1 Å². The van der Waals surface area contributed by atoms with Crippen LogP contribution in [0.1, 0.15) is 79.1 Å². The highest BCUT2D eigenvalue weighted by Crippen LogP contribution is 2.70. The summed E-state index contributed by atoms with van der Waals surface area (Å²) in [5.74, 6) is 2.12. The number of hydrogen-bond donors (Lipinski definition) is 11. The SMILES string of the molecule is CC1CCC2(OC1)OC1CC3C4CC=C5CC(OC6OC(CO)C(OC7OC(CO)C(O)C(OC8OC(CO)C(O)C(O)C8O)C7O)C(O)C6O)C(O)CC5(C)C4CCC3(C)C1C2C. The molecule has 64 heavy (non-hydrogen) atoms. The second-order valence-electron chi connectivity index (χ2n) is 21.2. The molecule has 0 bridgehead atoms. The number of rotatable bonds is 9. The smallest absolute Gasteiger partial charge is 0.187 e. The summed E-state index contributed by atoms with van der Waals surface area (Å²) in [7, 11) is 0. The van der Waals surface area contributed by atoms with Gasteiger partial charge in [0.2, 0.25) is 0 Å². The number of ether oxygens (including phenoxy) is 8. The first kappa shape index (κ1) is 48.0. The first-order valence-corrected chi connectivity index (χ1v) is 23.6. The first-order chi connectivity index (χ1) is 30.4. The molecule has 9 aliphatic rings. The van der Waals surface area contributed by atoms with E-state index in [4.69, 9.17) is 37.9 Å². The zero-order chi connectivity index (χ0) is 45.8. The van der Waals surface area contributed by atoms with E-state index < -0.39 is 130 Å². The molecule has 8 fully saturated rings. The maximum atomic E-state index is 11.8. The van der Waals surface area contributed by atoms with E-state index in [1.165, 1.54) is 5.57 Å². The van der Waals surface area contributed by atoms with Gasteiger partial charge in [0, 0.05) is 12.3 Å². The summed E-state index contributed by atoms with van der Waals surface area (Å²) in [5, 5.41) is 118. The first-order valence-electron chi connectivity index (χ1n) is 23.6. The maximum absolute atomic E-state index is 11.8. The van der Waals surface area contributed by atoms with Gasteiger partial charge in [0.1, 0.15) is 73.2 Å². The summed E-state index contributed by atoms with van der Waals surface area (Å²) >= 11 is 0. The monoisotopic (exact) mass is 916 g/mol. The van der Waals surface area contributed by atoms with Gasteiger partial charge in [-0.1, -0.05) is 39.3 Å². The van der Waals surface area contributed by atoms with Crippen LogP contribution >= 0.6 is 0 Å². The Balaban J connectivity index is 0.846. The van der Waals surface area contributed by atoms with Crippen molar-refractivity contribution < 1.29 is 94.1 Å². The highest BCUT2D eigenvalue weighted by Gasteiger charge is 2.69. The molecule has 4 aliphatic carbocycles. The number of aliphatic hydroxyl groups is 11. The number of aliphatic hydroxyl groups excluding tert-OH is 11. The third-order valence-electron chi connectivity index (χ3n) is 17.8. The lowest BCUT2D eigenvalue weighted by atomic mass is 9.46. The third kappa shape index (κ3) is 7.77. The fourth-order valence-corrected chi connectivity index (χ4v) is 14.2. The van der Waals surface area contributed by atoms with Crippen molar-refractivity contribution in [3.05, 3.63) is 11.6 Å². The van der Waals surface area contributed by atoms with Crippen molar-refractivity contribution in [3.63, 3.8) is 0 Å². The van der Waals surface area contributed by atoms with E-state index in [1.807, 2.05) is 0 Å². The Morgan fingerprint density at radius 2 is 1.30 bits per heavy atom. The Morgan fingerprint density at radius 3 is 1.97 bits per heavy atom. The van der Waals surface area contributed by atoms with E-state index >= 15 is 0 Å². The molecule has 5 heterocycles. The van der Waals surface area contributed by atoms with Gasteiger partial charge in [-0.15, -0.1) is 0 Å². The van der Waals surface area contributed by atoms with Crippen LogP contribution in [0.4, 0.5) is 0 Å². The van der Waals surface area contributed by atoms with E-state index in [0.717, 1.165) is 45.1 Å². The minimum Gasteiger partial charge on any atom is -0.394 e. The van der Waals surface area contributed by atoms with Crippen molar-refractivity contribution in [1.82, 2.24) is 0 Å². The van der Waals surface area contributed by atoms with Crippen molar-refractivity contribution >= 4 is 0 Å². The Kier molecular flexibility index (Phi) is 13.5. The molecule has 0 aromatic carbocycles. The third-order valence-corrected chi connectivity index (χ3v) is 17.8. The summed E-state index contributed by atoms with van der Waals surface area (Å²) in [5.41, 5.74) is 1.05. The zero-order valence-electron chi connectivity index (χ0n) is 37.1. The molecule has 19 nitrogen and oxygen atoms in total. The molecule has 27 unspecified atom stereocenters. The van der Waals surface area contributed by atoms with Gasteiger partial charge in [0.15, 0.2) is 24.7 Å². The summed E-state index contributed by atoms with van der Waals surface area (Å²) in [6.07, 6.45) is -17.6. The molecule has 11 N–H and O–H groups in total. The molecule has 9 rings (SSSR count). The van der Waals surface area contributed by atoms with Gasteiger partial charge in [-0.25, -0.2) is 0 Å². The van der Waals surface area contributed by atoms with Crippen LogP contribution in [-0.4, -0.2) is 199 Å². The molecular formula is C45H72O19. The van der Waals surface area contributed by atoms with E-state index in [2.05, 4.69) is 33.8 Å². The average Bonchev–Trinajstić information content (AvgIpc) is 3.72. The molecule has 3 saturated carbocycles. The van der Waals surface area contributed by atoms with E-state index in [1.54, 1.807) is 0 Å². The van der Waals surface area contributed by atoms with Crippen molar-refractivity contribution in [2.75, 3.05) is 26.4 Å². The Morgan fingerprint density at radius 1 is 0.672 bits per heavy atom. The van der Waals surface area contributed by atoms with Crippen LogP contribution in [-0.2, 0) is 37.9 Å². The van der Waals surface area contributed by atoms with Crippen LogP contribution in [0.2, 0.25) is 0 Å². The van der Waals surface area contributed by atoms with Gasteiger partial charge in [-0.05, 0) is 85.4 Å². The van der Waals surface area contributed by atoms with E-state index in [-0.39, 0.29) is 16.9 Å². The van der Waals surface area contributed by atoms with Crippen molar-refractivity contribution in [2.45, 2.75) is 195 Å². The molecular weight excluding hydrogens is 844 g/mol. The Labute approximate surface area is 373 Å². The molecule has 366 valence electrons.